The zero-order valence-corrected chi connectivity index (χ0v) is 16.8. The Bertz CT molecular complexity index is 1120. The molecule has 0 radical (unpaired) electrons. The molecule has 0 unspecified atom stereocenters. The second-order valence-electron chi connectivity index (χ2n) is 7.81. The van der Waals surface area contributed by atoms with Gasteiger partial charge in [-0.3, -0.25) is 0 Å². The molecule has 3 aromatic rings. The molecular formula is C21H21N5O5. The van der Waals surface area contributed by atoms with Crippen molar-refractivity contribution < 1.29 is 23.2 Å². The van der Waals surface area contributed by atoms with Crippen molar-refractivity contribution in [3.05, 3.63) is 29.8 Å². The smallest absolute Gasteiger partial charge is 0.410 e. The monoisotopic (exact) mass is 423 g/mol. The molecule has 10 heteroatoms. The predicted octanol–water partition coefficient (Wildman–Crippen LogP) is 2.93. The Balaban J connectivity index is 1.18. The van der Waals surface area contributed by atoms with E-state index in [9.17, 15) is 10.1 Å². The van der Waals surface area contributed by atoms with Gasteiger partial charge in [-0.25, -0.2) is 9.78 Å². The molecular weight excluding hydrogens is 402 g/mol. The number of nitriles is 1. The molecule has 5 rings (SSSR count). The Morgan fingerprint density at radius 1 is 1.32 bits per heavy atom. The molecule has 1 atom stereocenters. The summed E-state index contributed by atoms with van der Waals surface area (Å²) in [5.74, 6) is 1.63. The molecule has 0 aromatic carbocycles. The zero-order valence-electron chi connectivity index (χ0n) is 16.8. The van der Waals surface area contributed by atoms with Crippen LogP contribution in [0.15, 0.2) is 27.3 Å². The summed E-state index contributed by atoms with van der Waals surface area (Å²) in [7, 11) is 0. The number of aromatic nitrogens is 3. The summed E-state index contributed by atoms with van der Waals surface area (Å²) in [6.07, 6.45) is 4.27. The van der Waals surface area contributed by atoms with Gasteiger partial charge in [-0.05, 0) is 24.8 Å². The SMILES string of the molecule is N#Cc1nccc2oc(-c3nc(CC4CCN(C(=O)O[C@@H]5CCOC5)CC4)no3)cc12. The number of carbonyl (C=O) groups is 1. The summed E-state index contributed by atoms with van der Waals surface area (Å²) in [6, 6.07) is 5.43. The number of nitrogens with zero attached hydrogens (tertiary/aromatic N) is 5. The first kappa shape index (κ1) is 19.5. The molecule has 160 valence electrons. The van der Waals surface area contributed by atoms with Crippen LogP contribution in [0.25, 0.3) is 22.6 Å². The third-order valence-corrected chi connectivity index (χ3v) is 5.73. The van der Waals surface area contributed by atoms with E-state index in [0.717, 1.165) is 19.3 Å². The maximum absolute atomic E-state index is 12.3. The van der Waals surface area contributed by atoms with Crippen LogP contribution in [0.3, 0.4) is 0 Å². The lowest BCUT2D eigenvalue weighted by molar-refractivity contribution is 0.0462. The average Bonchev–Trinajstić information content (AvgIpc) is 3.54. The van der Waals surface area contributed by atoms with E-state index in [1.165, 1.54) is 6.20 Å². The summed E-state index contributed by atoms with van der Waals surface area (Å²) in [6.45, 7) is 2.43. The van der Waals surface area contributed by atoms with Gasteiger partial charge in [-0.2, -0.15) is 10.2 Å². The van der Waals surface area contributed by atoms with E-state index in [1.54, 1.807) is 17.0 Å². The number of carbonyl (C=O) groups excluding carboxylic acids is 1. The topological polar surface area (TPSA) is 128 Å². The fourth-order valence-electron chi connectivity index (χ4n) is 4.00. The van der Waals surface area contributed by atoms with E-state index in [4.69, 9.17) is 18.4 Å². The van der Waals surface area contributed by atoms with Crippen LogP contribution in [0.4, 0.5) is 4.79 Å². The first-order valence-electron chi connectivity index (χ1n) is 10.3. The Morgan fingerprint density at radius 2 is 2.19 bits per heavy atom. The number of piperidine rings is 1. The minimum atomic E-state index is -0.257. The third-order valence-electron chi connectivity index (χ3n) is 5.73. The van der Waals surface area contributed by atoms with Gasteiger partial charge in [0.15, 0.2) is 17.3 Å². The van der Waals surface area contributed by atoms with Crippen molar-refractivity contribution >= 4 is 17.1 Å². The highest BCUT2D eigenvalue weighted by Crippen LogP contribution is 2.29. The molecule has 2 aliphatic heterocycles. The fourth-order valence-corrected chi connectivity index (χ4v) is 4.00. The number of furan rings is 1. The molecule has 0 spiro atoms. The highest BCUT2D eigenvalue weighted by atomic mass is 16.6. The maximum Gasteiger partial charge on any atom is 0.410 e. The van der Waals surface area contributed by atoms with Gasteiger partial charge in [0, 0.05) is 38.2 Å². The van der Waals surface area contributed by atoms with E-state index in [0.29, 0.717) is 61.2 Å². The standard InChI is InChI=1S/C21H21N5O5/c22-11-16-15-10-18(30-17(15)1-5-23-16)20-24-19(25-31-20)9-13-2-6-26(7-3-13)21(27)29-14-4-8-28-12-14/h1,5,10,13-14H,2-4,6-9,12H2/t14-/m1/s1. The molecule has 0 N–H and O–H groups in total. The molecule has 2 saturated heterocycles. The van der Waals surface area contributed by atoms with E-state index < -0.39 is 0 Å². The number of amides is 1. The van der Waals surface area contributed by atoms with Gasteiger partial charge < -0.3 is 23.3 Å². The lowest BCUT2D eigenvalue weighted by atomic mass is 9.93. The van der Waals surface area contributed by atoms with Crippen LogP contribution < -0.4 is 0 Å². The van der Waals surface area contributed by atoms with Crippen LogP contribution in [0.1, 0.15) is 30.8 Å². The lowest BCUT2D eigenvalue weighted by Crippen LogP contribution is -2.40. The quantitative estimate of drug-likeness (QED) is 0.622. The van der Waals surface area contributed by atoms with Crippen molar-refractivity contribution in [2.24, 2.45) is 5.92 Å². The number of likely N-dealkylation sites (tertiary alicyclic amines) is 1. The Hall–Kier alpha value is -3.45. The average molecular weight is 423 g/mol. The van der Waals surface area contributed by atoms with Gasteiger partial charge in [0.05, 0.1) is 18.6 Å². The normalized spacial score (nSPS) is 19.6. The summed E-state index contributed by atoms with van der Waals surface area (Å²) in [5, 5.41) is 13.9. The Morgan fingerprint density at radius 3 is 2.97 bits per heavy atom. The summed E-state index contributed by atoms with van der Waals surface area (Å²) in [5.41, 5.74) is 0.836. The Labute approximate surface area is 177 Å². The Kier molecular flexibility index (Phi) is 5.26. The molecule has 1 amide bonds. The molecule has 0 aliphatic carbocycles. The van der Waals surface area contributed by atoms with Gasteiger partial charge in [0.1, 0.15) is 17.8 Å². The van der Waals surface area contributed by atoms with Gasteiger partial charge in [-0.1, -0.05) is 5.16 Å². The van der Waals surface area contributed by atoms with Crippen molar-refractivity contribution in [2.45, 2.75) is 31.8 Å². The van der Waals surface area contributed by atoms with E-state index in [2.05, 4.69) is 15.1 Å². The number of rotatable bonds is 4. The minimum Gasteiger partial charge on any atom is -0.451 e. The number of hydrogen-bond donors (Lipinski definition) is 0. The molecule has 0 bridgehead atoms. The molecule has 2 fully saturated rings. The van der Waals surface area contributed by atoms with Crippen LogP contribution in [-0.4, -0.2) is 58.5 Å². The van der Waals surface area contributed by atoms with Gasteiger partial charge in [0.25, 0.3) is 5.89 Å². The van der Waals surface area contributed by atoms with Crippen LogP contribution in [0.5, 0.6) is 0 Å². The summed E-state index contributed by atoms with van der Waals surface area (Å²) >= 11 is 0. The maximum atomic E-state index is 12.3. The zero-order chi connectivity index (χ0) is 21.2. The van der Waals surface area contributed by atoms with Crippen LogP contribution in [0.2, 0.25) is 0 Å². The van der Waals surface area contributed by atoms with Crippen molar-refractivity contribution in [2.75, 3.05) is 26.3 Å². The molecule has 3 aromatic heterocycles. The van der Waals surface area contributed by atoms with Gasteiger partial charge in [-0.15, -0.1) is 0 Å². The first-order valence-corrected chi connectivity index (χ1v) is 10.3. The lowest BCUT2D eigenvalue weighted by Gasteiger charge is -2.31. The van der Waals surface area contributed by atoms with E-state index >= 15 is 0 Å². The number of hydrogen-bond acceptors (Lipinski definition) is 9. The fraction of sp³-hybridized carbons (Fsp3) is 0.476. The number of fused-ring (bicyclic) bond motifs is 1. The van der Waals surface area contributed by atoms with Gasteiger partial charge >= 0.3 is 6.09 Å². The predicted molar refractivity (Wildman–Crippen MR) is 106 cm³/mol. The van der Waals surface area contributed by atoms with Crippen LogP contribution in [0, 0.1) is 17.2 Å². The second kappa shape index (κ2) is 8.35. The van der Waals surface area contributed by atoms with E-state index in [1.807, 2.05) is 6.07 Å². The molecule has 10 nitrogen and oxygen atoms in total. The van der Waals surface area contributed by atoms with E-state index in [-0.39, 0.29) is 23.8 Å². The van der Waals surface area contributed by atoms with Crippen molar-refractivity contribution in [1.82, 2.24) is 20.0 Å². The van der Waals surface area contributed by atoms with Gasteiger partial charge in [0.2, 0.25) is 0 Å². The van der Waals surface area contributed by atoms with Crippen molar-refractivity contribution in [1.29, 1.82) is 5.26 Å². The van der Waals surface area contributed by atoms with Crippen molar-refractivity contribution in [3.8, 4) is 17.7 Å². The first-order chi connectivity index (χ1) is 15.2. The highest BCUT2D eigenvalue weighted by Gasteiger charge is 2.28. The van der Waals surface area contributed by atoms with Crippen LogP contribution >= 0.6 is 0 Å². The minimum absolute atomic E-state index is 0.124. The number of pyridine rings is 1. The van der Waals surface area contributed by atoms with Crippen LogP contribution in [-0.2, 0) is 15.9 Å². The summed E-state index contributed by atoms with van der Waals surface area (Å²) < 4.78 is 21.8. The largest absolute Gasteiger partial charge is 0.451 e. The second-order valence-corrected chi connectivity index (χ2v) is 7.81. The summed E-state index contributed by atoms with van der Waals surface area (Å²) in [4.78, 5) is 22.5. The molecule has 5 heterocycles. The highest BCUT2D eigenvalue weighted by molar-refractivity contribution is 5.85. The van der Waals surface area contributed by atoms with Crippen molar-refractivity contribution in [3.63, 3.8) is 0 Å². The number of ether oxygens (including phenoxy) is 2. The molecule has 0 saturated carbocycles. The molecule has 31 heavy (non-hydrogen) atoms. The molecule has 2 aliphatic rings. The third kappa shape index (κ3) is 4.09.